The number of benzene rings is 1. The van der Waals surface area contributed by atoms with E-state index in [1.807, 2.05) is 30.4 Å². The van der Waals surface area contributed by atoms with E-state index in [1.54, 1.807) is 0 Å². The highest BCUT2D eigenvalue weighted by Crippen LogP contribution is 2.20. The van der Waals surface area contributed by atoms with Crippen molar-refractivity contribution in [3.63, 3.8) is 0 Å². The molecule has 0 heterocycles. The van der Waals surface area contributed by atoms with Crippen LogP contribution in [0.3, 0.4) is 0 Å². The van der Waals surface area contributed by atoms with E-state index in [4.69, 9.17) is 5.11 Å². The molecule has 1 rings (SSSR count). The van der Waals surface area contributed by atoms with E-state index < -0.39 is 0 Å². The van der Waals surface area contributed by atoms with Gasteiger partial charge in [-0.05, 0) is 18.4 Å². The van der Waals surface area contributed by atoms with E-state index in [9.17, 15) is 0 Å². The van der Waals surface area contributed by atoms with Crippen molar-refractivity contribution in [2.75, 3.05) is 6.61 Å². The minimum absolute atomic E-state index is 0.223. The van der Waals surface area contributed by atoms with Gasteiger partial charge in [0.15, 0.2) is 0 Å². The van der Waals surface area contributed by atoms with E-state index in [-0.39, 0.29) is 6.61 Å². The quantitative estimate of drug-likeness (QED) is 0.702. The smallest absolute Gasteiger partial charge is 0.0465 e. The van der Waals surface area contributed by atoms with Crippen LogP contribution in [0.15, 0.2) is 55.1 Å². The normalized spacial score (nSPS) is 12.9. The van der Waals surface area contributed by atoms with Crippen molar-refractivity contribution >= 4 is 0 Å². The van der Waals surface area contributed by atoms with Gasteiger partial charge in [-0.1, -0.05) is 48.6 Å². The summed E-state index contributed by atoms with van der Waals surface area (Å²) < 4.78 is 0. The molecule has 0 aliphatic heterocycles. The lowest BCUT2D eigenvalue weighted by Crippen LogP contribution is -1.92. The fourth-order valence-corrected chi connectivity index (χ4v) is 1.50. The summed E-state index contributed by atoms with van der Waals surface area (Å²) in [4.78, 5) is 0. The third kappa shape index (κ3) is 4.13. The first kappa shape index (κ1) is 11.7. The van der Waals surface area contributed by atoms with Gasteiger partial charge < -0.3 is 5.11 Å². The number of hydrogen-bond donors (Lipinski definition) is 1. The maximum Gasteiger partial charge on any atom is 0.0465 e. The summed E-state index contributed by atoms with van der Waals surface area (Å²) in [6.07, 6.45) is 7.78. The molecular weight excluding hydrogens is 184 g/mol. The Bertz CT molecular complexity index is 300. The van der Waals surface area contributed by atoms with Crippen LogP contribution in [0, 0.1) is 0 Å². The lowest BCUT2D eigenvalue weighted by molar-refractivity contribution is 0.302. The number of allylic oxidation sites excluding steroid dienone is 2. The average Bonchev–Trinajstić information content (AvgIpc) is 2.30. The van der Waals surface area contributed by atoms with Gasteiger partial charge in [-0.15, -0.1) is 6.58 Å². The first-order valence-corrected chi connectivity index (χ1v) is 5.32. The Kier molecular flexibility index (Phi) is 5.49. The van der Waals surface area contributed by atoms with Crippen LogP contribution in [0.2, 0.25) is 0 Å². The second kappa shape index (κ2) is 7.02. The molecule has 0 spiro atoms. The molecule has 15 heavy (non-hydrogen) atoms. The molecule has 1 heteroatoms. The first-order valence-electron chi connectivity index (χ1n) is 5.32. The zero-order valence-corrected chi connectivity index (χ0v) is 8.97. The monoisotopic (exact) mass is 202 g/mol. The van der Waals surface area contributed by atoms with Crippen molar-refractivity contribution in [3.05, 3.63) is 60.7 Å². The van der Waals surface area contributed by atoms with E-state index in [0.717, 1.165) is 12.8 Å². The van der Waals surface area contributed by atoms with E-state index in [0.29, 0.717) is 5.92 Å². The lowest BCUT2D eigenvalue weighted by atomic mass is 9.96. The highest BCUT2D eigenvalue weighted by molar-refractivity contribution is 5.23. The van der Waals surface area contributed by atoms with E-state index >= 15 is 0 Å². The molecule has 0 aromatic heterocycles. The largest absolute Gasteiger partial charge is 0.396 e. The number of rotatable bonds is 6. The molecule has 1 aromatic rings. The number of aliphatic hydroxyl groups is 1. The molecular formula is C14H18O. The Labute approximate surface area is 91.8 Å². The molecule has 1 atom stereocenters. The minimum atomic E-state index is 0.223. The van der Waals surface area contributed by atoms with Gasteiger partial charge in [-0.25, -0.2) is 0 Å². The minimum Gasteiger partial charge on any atom is -0.396 e. The van der Waals surface area contributed by atoms with Gasteiger partial charge in [-0.2, -0.15) is 0 Å². The van der Waals surface area contributed by atoms with Gasteiger partial charge in [0, 0.05) is 12.5 Å². The molecule has 0 radical (unpaired) electrons. The second-order valence-electron chi connectivity index (χ2n) is 3.47. The third-order valence-electron chi connectivity index (χ3n) is 2.36. The molecule has 0 saturated carbocycles. The summed E-state index contributed by atoms with van der Waals surface area (Å²) in [5.41, 5.74) is 1.29. The van der Waals surface area contributed by atoms with E-state index in [2.05, 4.69) is 24.8 Å². The average molecular weight is 202 g/mol. The Hall–Kier alpha value is -1.34. The Balaban J connectivity index is 2.53. The Morgan fingerprint density at radius 1 is 1.20 bits per heavy atom. The molecule has 1 aromatic carbocycles. The Morgan fingerprint density at radius 3 is 2.53 bits per heavy atom. The number of hydrogen-bond acceptors (Lipinski definition) is 1. The van der Waals surface area contributed by atoms with Crippen molar-refractivity contribution in [1.29, 1.82) is 0 Å². The Morgan fingerprint density at radius 2 is 1.93 bits per heavy atom. The fourth-order valence-electron chi connectivity index (χ4n) is 1.50. The van der Waals surface area contributed by atoms with Crippen LogP contribution >= 0.6 is 0 Å². The van der Waals surface area contributed by atoms with Crippen molar-refractivity contribution in [1.82, 2.24) is 0 Å². The standard InChI is InChI=1S/C14H18O/c1-2-13(9-7-4-8-12-15)14-10-5-3-6-11-14/h2-7,10-11,13,15H,1,8-9,12H2/b7-4+. The van der Waals surface area contributed by atoms with Crippen LogP contribution in [-0.2, 0) is 0 Å². The van der Waals surface area contributed by atoms with Crippen molar-refractivity contribution in [2.45, 2.75) is 18.8 Å². The first-order chi connectivity index (χ1) is 7.38. The topological polar surface area (TPSA) is 20.2 Å². The van der Waals surface area contributed by atoms with Gasteiger partial charge >= 0.3 is 0 Å². The predicted molar refractivity (Wildman–Crippen MR) is 64.8 cm³/mol. The maximum atomic E-state index is 8.63. The van der Waals surface area contributed by atoms with Crippen molar-refractivity contribution in [3.8, 4) is 0 Å². The molecule has 1 nitrogen and oxygen atoms in total. The second-order valence-corrected chi connectivity index (χ2v) is 3.47. The molecule has 0 saturated heterocycles. The summed E-state index contributed by atoms with van der Waals surface area (Å²) in [5.74, 6) is 0.376. The highest BCUT2D eigenvalue weighted by atomic mass is 16.2. The molecule has 0 aliphatic carbocycles. The fraction of sp³-hybridized carbons (Fsp3) is 0.286. The SMILES string of the molecule is C=CC(C/C=C/CCO)c1ccccc1. The molecule has 1 unspecified atom stereocenters. The van der Waals surface area contributed by atoms with Gasteiger partial charge in [0.05, 0.1) is 0 Å². The highest BCUT2D eigenvalue weighted by Gasteiger charge is 2.03. The summed E-state index contributed by atoms with van der Waals surface area (Å²) in [6, 6.07) is 10.3. The van der Waals surface area contributed by atoms with Crippen LogP contribution < -0.4 is 0 Å². The predicted octanol–water partition coefficient (Wildman–Crippen LogP) is 3.28. The van der Waals surface area contributed by atoms with Crippen molar-refractivity contribution < 1.29 is 5.11 Å². The summed E-state index contributed by atoms with van der Waals surface area (Å²) in [5, 5.41) is 8.63. The number of aliphatic hydroxyl groups excluding tert-OH is 1. The van der Waals surface area contributed by atoms with Crippen LogP contribution in [0.1, 0.15) is 24.3 Å². The summed E-state index contributed by atoms with van der Waals surface area (Å²) in [7, 11) is 0. The van der Waals surface area contributed by atoms with Crippen LogP contribution in [0.4, 0.5) is 0 Å². The van der Waals surface area contributed by atoms with E-state index in [1.165, 1.54) is 5.56 Å². The summed E-state index contributed by atoms with van der Waals surface area (Å²) >= 11 is 0. The van der Waals surface area contributed by atoms with Crippen LogP contribution in [0.5, 0.6) is 0 Å². The van der Waals surface area contributed by atoms with Gasteiger partial charge in [0.2, 0.25) is 0 Å². The molecule has 0 aliphatic rings. The van der Waals surface area contributed by atoms with Gasteiger partial charge in [0.25, 0.3) is 0 Å². The van der Waals surface area contributed by atoms with Gasteiger partial charge in [0.1, 0.15) is 0 Å². The third-order valence-corrected chi connectivity index (χ3v) is 2.36. The zero-order valence-electron chi connectivity index (χ0n) is 8.97. The molecule has 1 N–H and O–H groups in total. The summed E-state index contributed by atoms with van der Waals surface area (Å²) in [6.45, 7) is 4.08. The van der Waals surface area contributed by atoms with Crippen molar-refractivity contribution in [2.24, 2.45) is 0 Å². The molecule has 0 fully saturated rings. The van der Waals surface area contributed by atoms with Crippen LogP contribution in [-0.4, -0.2) is 11.7 Å². The zero-order chi connectivity index (χ0) is 10.9. The van der Waals surface area contributed by atoms with Gasteiger partial charge in [-0.3, -0.25) is 0 Å². The maximum absolute atomic E-state index is 8.63. The molecule has 0 bridgehead atoms. The lowest BCUT2D eigenvalue weighted by Gasteiger charge is -2.09. The molecule has 0 amide bonds. The molecule has 80 valence electrons. The van der Waals surface area contributed by atoms with Crippen LogP contribution in [0.25, 0.3) is 0 Å².